The lowest BCUT2D eigenvalue weighted by molar-refractivity contribution is -0.151. The Labute approximate surface area is 175 Å². The van der Waals surface area contributed by atoms with Gasteiger partial charge in [0, 0.05) is 33.8 Å². The monoisotopic (exact) mass is 464 g/mol. The lowest BCUT2D eigenvalue weighted by atomic mass is 10.1. The molecule has 28 heavy (non-hydrogen) atoms. The zero-order valence-corrected chi connectivity index (χ0v) is 17.4. The Bertz CT molecular complexity index is 934. The minimum Gasteiger partial charge on any atom is -0.455 e. The molecule has 0 unspecified atom stereocenters. The number of rotatable bonds is 5. The van der Waals surface area contributed by atoms with E-state index in [2.05, 4.69) is 21.2 Å². The Morgan fingerprint density at radius 3 is 2.79 bits per heavy atom. The van der Waals surface area contributed by atoms with Gasteiger partial charge in [-0.25, -0.2) is 0 Å². The second kappa shape index (κ2) is 8.75. The number of amides is 2. The van der Waals surface area contributed by atoms with Gasteiger partial charge in [-0.15, -0.1) is 0 Å². The van der Waals surface area contributed by atoms with Crippen LogP contribution in [0.3, 0.4) is 0 Å². The molecule has 0 aromatic heterocycles. The highest BCUT2D eigenvalue weighted by Crippen LogP contribution is 2.27. The van der Waals surface area contributed by atoms with Crippen LogP contribution in [0.4, 0.5) is 11.4 Å². The molecule has 2 amide bonds. The predicted octanol–water partition coefficient (Wildman–Crippen LogP) is 3.95. The van der Waals surface area contributed by atoms with Crippen LogP contribution >= 0.6 is 27.5 Å². The number of aryl methyl sites for hydroxylation is 1. The average Bonchev–Trinajstić information content (AvgIpc) is 3.05. The highest BCUT2D eigenvalue weighted by Gasteiger charge is 2.36. The molecule has 1 aliphatic heterocycles. The van der Waals surface area contributed by atoms with Crippen molar-refractivity contribution in [1.82, 2.24) is 0 Å². The summed E-state index contributed by atoms with van der Waals surface area (Å²) in [5.74, 6) is -1.81. The van der Waals surface area contributed by atoms with Crippen molar-refractivity contribution >= 4 is 56.7 Å². The van der Waals surface area contributed by atoms with Crippen molar-refractivity contribution in [3.8, 4) is 0 Å². The lowest BCUT2D eigenvalue weighted by Gasteiger charge is -2.16. The summed E-state index contributed by atoms with van der Waals surface area (Å²) in [5.41, 5.74) is 2.22. The fourth-order valence-electron chi connectivity index (χ4n) is 2.93. The van der Waals surface area contributed by atoms with Crippen LogP contribution in [-0.2, 0) is 19.1 Å². The van der Waals surface area contributed by atoms with Gasteiger partial charge >= 0.3 is 5.97 Å². The van der Waals surface area contributed by atoms with Crippen molar-refractivity contribution in [3.63, 3.8) is 0 Å². The molecule has 0 bridgehead atoms. The number of anilines is 2. The number of hydrogen-bond donors (Lipinski definition) is 1. The van der Waals surface area contributed by atoms with Gasteiger partial charge in [0.2, 0.25) is 5.91 Å². The highest BCUT2D eigenvalue weighted by atomic mass is 79.9. The van der Waals surface area contributed by atoms with Crippen molar-refractivity contribution in [2.75, 3.05) is 23.4 Å². The molecule has 3 rings (SSSR count). The quantitative estimate of drug-likeness (QED) is 0.679. The Hall–Kier alpha value is -2.38. The van der Waals surface area contributed by atoms with Gasteiger partial charge < -0.3 is 15.0 Å². The number of carbonyl (C=O) groups is 3. The Morgan fingerprint density at radius 1 is 1.29 bits per heavy atom. The van der Waals surface area contributed by atoms with Gasteiger partial charge in [0.1, 0.15) is 0 Å². The largest absolute Gasteiger partial charge is 0.455 e. The number of benzene rings is 2. The maximum absolute atomic E-state index is 12.3. The third kappa shape index (κ3) is 4.91. The van der Waals surface area contributed by atoms with E-state index in [9.17, 15) is 14.4 Å². The summed E-state index contributed by atoms with van der Waals surface area (Å²) in [6, 6.07) is 12.3. The van der Waals surface area contributed by atoms with Crippen LogP contribution in [0.25, 0.3) is 0 Å². The molecule has 8 heteroatoms. The van der Waals surface area contributed by atoms with E-state index in [-0.39, 0.29) is 18.9 Å². The van der Waals surface area contributed by atoms with Gasteiger partial charge in [0.15, 0.2) is 6.61 Å². The topological polar surface area (TPSA) is 75.7 Å². The number of nitrogens with zero attached hydrogens (tertiary/aromatic N) is 1. The number of nitrogens with one attached hydrogen (secondary N) is 1. The molecule has 1 aliphatic rings. The van der Waals surface area contributed by atoms with Crippen molar-refractivity contribution in [2.24, 2.45) is 5.92 Å². The second-order valence-electron chi connectivity index (χ2n) is 6.51. The van der Waals surface area contributed by atoms with Crippen molar-refractivity contribution in [1.29, 1.82) is 0 Å². The standard InChI is InChI=1S/C20H18BrClN2O4/c1-12-7-15(5-6-17(12)21)23-18(25)11-28-20(27)13-8-19(26)24(10-13)16-4-2-3-14(22)9-16/h2-7,9,13H,8,10-11H2,1H3,(H,23,25)/t13-/m1/s1. The molecule has 1 atom stereocenters. The van der Waals surface area contributed by atoms with Gasteiger partial charge in [-0.05, 0) is 48.9 Å². The molecular weight excluding hydrogens is 448 g/mol. The maximum atomic E-state index is 12.3. The molecule has 0 radical (unpaired) electrons. The zero-order valence-electron chi connectivity index (χ0n) is 15.1. The predicted molar refractivity (Wildman–Crippen MR) is 110 cm³/mol. The van der Waals surface area contributed by atoms with E-state index in [0.717, 1.165) is 10.0 Å². The van der Waals surface area contributed by atoms with Gasteiger partial charge in [-0.1, -0.05) is 33.6 Å². The van der Waals surface area contributed by atoms with E-state index in [4.69, 9.17) is 16.3 Å². The lowest BCUT2D eigenvalue weighted by Crippen LogP contribution is -2.28. The molecule has 2 aromatic carbocycles. The van der Waals surface area contributed by atoms with Gasteiger partial charge in [0.05, 0.1) is 5.92 Å². The van der Waals surface area contributed by atoms with Crippen molar-refractivity contribution < 1.29 is 19.1 Å². The molecule has 1 fully saturated rings. The van der Waals surface area contributed by atoms with Gasteiger partial charge in [-0.2, -0.15) is 0 Å². The van der Waals surface area contributed by atoms with Gasteiger partial charge in [0.25, 0.3) is 5.91 Å². The SMILES string of the molecule is Cc1cc(NC(=O)COC(=O)[C@@H]2CC(=O)N(c3cccc(Cl)c3)C2)ccc1Br. The first-order valence-corrected chi connectivity index (χ1v) is 9.79. The van der Waals surface area contributed by atoms with Crippen molar-refractivity contribution in [2.45, 2.75) is 13.3 Å². The normalized spacial score (nSPS) is 16.2. The van der Waals surface area contributed by atoms with E-state index in [1.54, 1.807) is 30.3 Å². The van der Waals surface area contributed by atoms with E-state index in [0.29, 0.717) is 16.4 Å². The number of halogens is 2. The molecular formula is C20H18BrClN2O4. The number of esters is 1. The molecule has 1 saturated heterocycles. The van der Waals surface area contributed by atoms with Crippen LogP contribution in [0.1, 0.15) is 12.0 Å². The van der Waals surface area contributed by atoms with Crippen LogP contribution in [-0.4, -0.2) is 30.9 Å². The molecule has 1 heterocycles. The summed E-state index contributed by atoms with van der Waals surface area (Å²) in [7, 11) is 0. The van der Waals surface area contributed by atoms with Crippen LogP contribution in [0, 0.1) is 12.8 Å². The minimum atomic E-state index is -0.616. The Morgan fingerprint density at radius 2 is 2.07 bits per heavy atom. The van der Waals surface area contributed by atoms with Crippen LogP contribution in [0.2, 0.25) is 5.02 Å². The van der Waals surface area contributed by atoms with Gasteiger partial charge in [-0.3, -0.25) is 14.4 Å². The smallest absolute Gasteiger partial charge is 0.311 e. The number of hydrogen-bond acceptors (Lipinski definition) is 4. The molecule has 2 aromatic rings. The zero-order chi connectivity index (χ0) is 20.3. The maximum Gasteiger partial charge on any atom is 0.311 e. The summed E-state index contributed by atoms with van der Waals surface area (Å²) in [6.07, 6.45) is 0.0405. The van der Waals surface area contributed by atoms with Crippen LogP contribution < -0.4 is 10.2 Å². The average molecular weight is 466 g/mol. The second-order valence-corrected chi connectivity index (χ2v) is 7.80. The fourth-order valence-corrected chi connectivity index (χ4v) is 3.36. The van der Waals surface area contributed by atoms with Crippen molar-refractivity contribution in [3.05, 3.63) is 57.5 Å². The Kier molecular flexibility index (Phi) is 6.36. The van der Waals surface area contributed by atoms with E-state index in [1.807, 2.05) is 19.1 Å². The summed E-state index contributed by atoms with van der Waals surface area (Å²) >= 11 is 9.36. The molecule has 6 nitrogen and oxygen atoms in total. The summed E-state index contributed by atoms with van der Waals surface area (Å²) in [6.45, 7) is 1.70. The molecule has 0 aliphatic carbocycles. The molecule has 0 saturated carbocycles. The van der Waals surface area contributed by atoms with E-state index in [1.165, 1.54) is 4.90 Å². The Balaban J connectivity index is 1.53. The summed E-state index contributed by atoms with van der Waals surface area (Å²) < 4.78 is 6.04. The first-order valence-electron chi connectivity index (χ1n) is 8.62. The third-order valence-corrected chi connectivity index (χ3v) is 5.49. The molecule has 0 spiro atoms. The van der Waals surface area contributed by atoms with E-state index >= 15 is 0 Å². The van der Waals surface area contributed by atoms with Crippen LogP contribution in [0.15, 0.2) is 46.9 Å². The third-order valence-electron chi connectivity index (χ3n) is 4.37. The van der Waals surface area contributed by atoms with E-state index < -0.39 is 24.4 Å². The van der Waals surface area contributed by atoms with Crippen LogP contribution in [0.5, 0.6) is 0 Å². The summed E-state index contributed by atoms with van der Waals surface area (Å²) in [4.78, 5) is 38.0. The number of ether oxygens (including phenoxy) is 1. The first-order chi connectivity index (χ1) is 13.3. The molecule has 1 N–H and O–H groups in total. The number of carbonyl (C=O) groups excluding carboxylic acids is 3. The first kappa shape index (κ1) is 20.4. The molecule has 146 valence electrons. The fraction of sp³-hybridized carbons (Fsp3) is 0.250. The summed E-state index contributed by atoms with van der Waals surface area (Å²) in [5, 5.41) is 3.19. The highest BCUT2D eigenvalue weighted by molar-refractivity contribution is 9.10. The minimum absolute atomic E-state index is 0.0405.